The summed E-state index contributed by atoms with van der Waals surface area (Å²) in [5.74, 6) is -0.451. The van der Waals surface area contributed by atoms with Gasteiger partial charge in [-0.3, -0.25) is 0 Å². The molecular formula is C7H10NNaO3S. The number of allylic oxidation sites excluding steroid dienone is 1. The average molecular weight is 211 g/mol. The Kier molecular flexibility index (Phi) is 14.3. The number of hydrogen-bond acceptors (Lipinski definition) is 4. The average Bonchev–Trinajstić information content (AvgIpc) is 1.83. The van der Waals surface area contributed by atoms with Crippen LogP contribution in [0.15, 0.2) is 24.8 Å². The maximum atomic E-state index is 9.83. The van der Waals surface area contributed by atoms with E-state index in [9.17, 15) is 13.0 Å². The summed E-state index contributed by atoms with van der Waals surface area (Å²) >= 11 is 0. The molecule has 0 aromatic heterocycles. The van der Waals surface area contributed by atoms with E-state index < -0.39 is 15.9 Å². The van der Waals surface area contributed by atoms with Crippen LogP contribution in [0, 0.1) is 11.3 Å². The van der Waals surface area contributed by atoms with Gasteiger partial charge in [-0.1, -0.05) is 18.7 Å². The third kappa shape index (κ3) is 33.5. The van der Waals surface area contributed by atoms with Crippen LogP contribution in [0.5, 0.6) is 0 Å². The third-order valence-corrected chi connectivity index (χ3v) is 1.36. The van der Waals surface area contributed by atoms with Gasteiger partial charge in [0.1, 0.15) is 0 Å². The van der Waals surface area contributed by atoms with E-state index in [1.54, 1.807) is 6.07 Å². The second kappa shape index (κ2) is 9.96. The quantitative estimate of drug-likeness (QED) is 0.225. The van der Waals surface area contributed by atoms with E-state index in [1.807, 2.05) is 0 Å². The molecule has 13 heavy (non-hydrogen) atoms. The molecule has 0 radical (unpaired) electrons. The Morgan fingerprint density at radius 2 is 2.00 bits per heavy atom. The molecule has 0 atom stereocenters. The zero-order valence-corrected chi connectivity index (χ0v) is 10.6. The van der Waals surface area contributed by atoms with E-state index in [4.69, 9.17) is 5.26 Å². The van der Waals surface area contributed by atoms with Crippen LogP contribution in [0.2, 0.25) is 0 Å². The molecule has 0 N–H and O–H groups in total. The summed E-state index contributed by atoms with van der Waals surface area (Å²) < 4.78 is 29.5. The molecule has 4 nitrogen and oxygen atoms in total. The summed E-state index contributed by atoms with van der Waals surface area (Å²) in [6.07, 6.45) is 1.18. The summed E-state index contributed by atoms with van der Waals surface area (Å²) in [4.78, 5) is 0. The zero-order chi connectivity index (χ0) is 10.2. The molecule has 68 valence electrons. The fraction of sp³-hybridized carbons (Fsp3) is 0.286. The van der Waals surface area contributed by atoms with Gasteiger partial charge in [0.15, 0.2) is 0 Å². The van der Waals surface area contributed by atoms with Crippen molar-refractivity contribution in [3.63, 3.8) is 0 Å². The van der Waals surface area contributed by atoms with Gasteiger partial charge in [-0.25, -0.2) is 8.42 Å². The van der Waals surface area contributed by atoms with Crippen molar-refractivity contribution in [2.24, 2.45) is 0 Å². The fourth-order valence-corrected chi connectivity index (χ4v) is 0.905. The number of rotatable bonds is 2. The molecule has 0 aromatic carbocycles. The fourth-order valence-electron chi connectivity index (χ4n) is 0.302. The van der Waals surface area contributed by atoms with Gasteiger partial charge in [0.05, 0.1) is 21.9 Å². The Morgan fingerprint density at radius 3 is 2.00 bits per heavy atom. The van der Waals surface area contributed by atoms with Crippen molar-refractivity contribution >= 4 is 10.1 Å². The van der Waals surface area contributed by atoms with Gasteiger partial charge in [-0.15, -0.1) is 0 Å². The molecule has 0 amide bonds. The van der Waals surface area contributed by atoms with Crippen molar-refractivity contribution in [2.75, 3.05) is 5.75 Å². The predicted octanol–water partition coefficient (Wildman–Crippen LogP) is -2.19. The Morgan fingerprint density at radius 1 is 1.69 bits per heavy atom. The summed E-state index contributed by atoms with van der Waals surface area (Å²) in [6.45, 7) is 7.87. The largest absolute Gasteiger partial charge is 1.00 e. The van der Waals surface area contributed by atoms with Crippen molar-refractivity contribution in [1.82, 2.24) is 0 Å². The van der Waals surface area contributed by atoms with Crippen molar-refractivity contribution in [1.29, 1.82) is 5.26 Å². The SMILES string of the molecule is C=C(C)CS(=O)(=O)[O-].C=CC#N.[Na+]. The minimum atomic E-state index is -4.07. The Labute approximate surface area is 101 Å². The van der Waals surface area contributed by atoms with Crippen molar-refractivity contribution in [2.45, 2.75) is 6.92 Å². The molecule has 0 aliphatic carbocycles. The van der Waals surface area contributed by atoms with Gasteiger partial charge in [-0.2, -0.15) is 5.26 Å². The second-order valence-electron chi connectivity index (χ2n) is 1.99. The summed E-state index contributed by atoms with van der Waals surface area (Å²) in [6, 6.07) is 1.69. The van der Waals surface area contributed by atoms with Gasteiger partial charge < -0.3 is 4.55 Å². The van der Waals surface area contributed by atoms with Crippen LogP contribution in [0.1, 0.15) is 6.92 Å². The van der Waals surface area contributed by atoms with Crippen LogP contribution in [0.25, 0.3) is 0 Å². The van der Waals surface area contributed by atoms with Gasteiger partial charge in [0, 0.05) is 6.08 Å². The third-order valence-electron chi connectivity index (χ3n) is 0.514. The van der Waals surface area contributed by atoms with E-state index in [0.717, 1.165) is 0 Å². The van der Waals surface area contributed by atoms with Crippen LogP contribution in [0.3, 0.4) is 0 Å². The van der Waals surface area contributed by atoms with E-state index in [-0.39, 0.29) is 29.6 Å². The molecular weight excluding hydrogens is 201 g/mol. The normalized spacial score (nSPS) is 8.08. The molecule has 0 bridgehead atoms. The second-order valence-corrected chi connectivity index (χ2v) is 3.40. The van der Waals surface area contributed by atoms with Crippen molar-refractivity contribution in [3.8, 4) is 6.07 Å². The van der Waals surface area contributed by atoms with Gasteiger partial charge in [-0.05, 0) is 6.92 Å². The van der Waals surface area contributed by atoms with Crippen molar-refractivity contribution in [3.05, 3.63) is 24.8 Å². The predicted molar refractivity (Wildman–Crippen MR) is 45.2 cm³/mol. The van der Waals surface area contributed by atoms with Crippen molar-refractivity contribution < 1.29 is 42.5 Å². The smallest absolute Gasteiger partial charge is 0.748 e. The molecule has 6 heteroatoms. The molecule has 0 aliphatic heterocycles. The monoisotopic (exact) mass is 211 g/mol. The summed E-state index contributed by atoms with van der Waals surface area (Å²) in [7, 11) is -4.07. The maximum Gasteiger partial charge on any atom is 1.00 e. The first-order chi connectivity index (χ1) is 5.33. The van der Waals surface area contributed by atoms with Gasteiger partial charge >= 0.3 is 29.6 Å². The molecule has 0 saturated heterocycles. The van der Waals surface area contributed by atoms with E-state index in [2.05, 4.69) is 13.2 Å². The van der Waals surface area contributed by atoms with Crippen LogP contribution in [0.4, 0.5) is 0 Å². The molecule has 0 heterocycles. The number of hydrogen-bond donors (Lipinski definition) is 0. The van der Waals surface area contributed by atoms with E-state index in [1.165, 1.54) is 13.0 Å². The number of nitrogens with zero attached hydrogens (tertiary/aromatic N) is 1. The summed E-state index contributed by atoms with van der Waals surface area (Å²) in [5, 5.41) is 7.51. The Hall–Kier alpha value is -0.120. The Balaban J connectivity index is -0.000000173. The molecule has 0 saturated carbocycles. The first-order valence-electron chi connectivity index (χ1n) is 2.92. The molecule has 0 unspecified atom stereocenters. The first kappa shape index (κ1) is 18.6. The maximum absolute atomic E-state index is 9.83. The van der Waals surface area contributed by atoms with E-state index >= 15 is 0 Å². The van der Waals surface area contributed by atoms with Gasteiger partial charge in [0.25, 0.3) is 0 Å². The minimum absolute atomic E-state index is 0. The molecule has 0 fully saturated rings. The molecule has 0 aromatic rings. The van der Waals surface area contributed by atoms with Gasteiger partial charge in [0.2, 0.25) is 0 Å². The van der Waals surface area contributed by atoms with E-state index in [0.29, 0.717) is 5.57 Å². The number of nitriles is 1. The standard InChI is InChI=1S/C4H8O3S.C3H3N.Na/c1-4(2)3-8(5,6)7;1-2-3-4;/h1,3H2,2H3,(H,5,6,7);2H,1H2;/q;;+1/p-1. The van der Waals surface area contributed by atoms with Crippen LogP contribution in [-0.4, -0.2) is 18.7 Å². The topological polar surface area (TPSA) is 81.0 Å². The Bertz CT molecular complexity index is 289. The van der Waals surface area contributed by atoms with Crippen LogP contribution in [-0.2, 0) is 10.1 Å². The minimum Gasteiger partial charge on any atom is -0.748 e. The molecule has 0 rings (SSSR count). The summed E-state index contributed by atoms with van der Waals surface area (Å²) in [5.41, 5.74) is 0.375. The zero-order valence-electron chi connectivity index (χ0n) is 7.78. The first-order valence-corrected chi connectivity index (χ1v) is 4.49. The van der Waals surface area contributed by atoms with Crippen LogP contribution < -0.4 is 29.6 Å². The van der Waals surface area contributed by atoms with Crippen LogP contribution >= 0.6 is 0 Å². The molecule has 0 spiro atoms. The molecule has 0 aliphatic rings.